The Hall–Kier alpha value is -0.0800. The normalized spacial score (nSPS) is 40.9. The predicted octanol–water partition coefficient (Wildman–Crippen LogP) is 2.84. The predicted molar refractivity (Wildman–Crippen MR) is 69.4 cm³/mol. The van der Waals surface area contributed by atoms with Crippen molar-refractivity contribution in [3.05, 3.63) is 0 Å². The van der Waals surface area contributed by atoms with E-state index in [4.69, 9.17) is 0 Å². The lowest BCUT2D eigenvalue weighted by atomic mass is 9.70. The molecule has 1 saturated heterocycles. The zero-order chi connectivity index (χ0) is 11.8. The van der Waals surface area contributed by atoms with Gasteiger partial charge >= 0.3 is 0 Å². The molecule has 1 aliphatic heterocycles. The first kappa shape index (κ1) is 12.4. The third-order valence-corrected chi connectivity index (χ3v) is 4.36. The van der Waals surface area contributed by atoms with E-state index in [1.807, 2.05) is 0 Å². The minimum absolute atomic E-state index is 0.541. The van der Waals surface area contributed by atoms with E-state index < -0.39 is 0 Å². The van der Waals surface area contributed by atoms with Gasteiger partial charge in [0.1, 0.15) is 0 Å². The van der Waals surface area contributed by atoms with Crippen LogP contribution in [-0.4, -0.2) is 30.2 Å². The van der Waals surface area contributed by atoms with Crippen LogP contribution < -0.4 is 5.32 Å². The van der Waals surface area contributed by atoms with Gasteiger partial charge in [0, 0.05) is 12.6 Å². The third kappa shape index (κ3) is 2.78. The van der Waals surface area contributed by atoms with E-state index in [9.17, 15) is 0 Å². The molecular weight excluding hydrogens is 196 g/mol. The van der Waals surface area contributed by atoms with Gasteiger partial charge in [-0.1, -0.05) is 20.8 Å². The van der Waals surface area contributed by atoms with Gasteiger partial charge in [0.05, 0.1) is 6.17 Å². The average Bonchev–Trinajstić information content (AvgIpc) is 2.15. The molecule has 0 spiro atoms. The zero-order valence-electron chi connectivity index (χ0n) is 11.4. The first-order valence-electron chi connectivity index (χ1n) is 6.97. The number of nitrogens with zero attached hydrogens (tertiary/aromatic N) is 1. The molecule has 1 N–H and O–H groups in total. The van der Waals surface area contributed by atoms with E-state index in [2.05, 4.69) is 37.9 Å². The summed E-state index contributed by atoms with van der Waals surface area (Å²) >= 11 is 0. The van der Waals surface area contributed by atoms with E-state index in [1.165, 1.54) is 38.8 Å². The fraction of sp³-hybridized carbons (Fsp3) is 1.00. The van der Waals surface area contributed by atoms with Gasteiger partial charge < -0.3 is 5.32 Å². The number of rotatable bonds is 1. The minimum Gasteiger partial charge on any atom is -0.302 e. The van der Waals surface area contributed by atoms with Crippen LogP contribution in [0, 0.1) is 11.3 Å². The Bertz CT molecular complexity index is 237. The average molecular weight is 224 g/mol. The Labute approximate surface area is 101 Å². The molecule has 1 saturated carbocycles. The van der Waals surface area contributed by atoms with Crippen LogP contribution in [0.25, 0.3) is 0 Å². The summed E-state index contributed by atoms with van der Waals surface area (Å²) in [5.74, 6) is 0.892. The highest BCUT2D eigenvalue weighted by Crippen LogP contribution is 2.40. The van der Waals surface area contributed by atoms with Crippen molar-refractivity contribution in [1.82, 2.24) is 10.2 Å². The largest absolute Gasteiger partial charge is 0.302 e. The molecule has 1 heterocycles. The summed E-state index contributed by atoms with van der Waals surface area (Å²) in [7, 11) is 0. The van der Waals surface area contributed by atoms with Gasteiger partial charge in [-0.3, -0.25) is 4.90 Å². The summed E-state index contributed by atoms with van der Waals surface area (Å²) in [4.78, 5) is 2.71. The molecule has 0 amide bonds. The van der Waals surface area contributed by atoms with Crippen LogP contribution in [0.1, 0.15) is 53.4 Å². The Morgan fingerprint density at radius 2 is 1.94 bits per heavy atom. The molecule has 94 valence electrons. The molecular formula is C14H28N2. The number of nitrogens with one attached hydrogen (secondary N) is 1. The van der Waals surface area contributed by atoms with Gasteiger partial charge in [-0.2, -0.15) is 0 Å². The lowest BCUT2D eigenvalue weighted by Crippen LogP contribution is -2.56. The maximum atomic E-state index is 3.60. The van der Waals surface area contributed by atoms with Gasteiger partial charge in [-0.25, -0.2) is 0 Å². The van der Waals surface area contributed by atoms with Crippen LogP contribution in [0.5, 0.6) is 0 Å². The Balaban J connectivity index is 2.02. The fourth-order valence-corrected chi connectivity index (χ4v) is 3.93. The lowest BCUT2D eigenvalue weighted by Gasteiger charge is -2.47. The van der Waals surface area contributed by atoms with Crippen molar-refractivity contribution in [2.75, 3.05) is 13.1 Å². The quantitative estimate of drug-likeness (QED) is 0.737. The second kappa shape index (κ2) is 4.66. The van der Waals surface area contributed by atoms with Crippen LogP contribution in [0.3, 0.4) is 0 Å². The van der Waals surface area contributed by atoms with Gasteiger partial charge in [-0.15, -0.1) is 0 Å². The molecule has 0 bridgehead atoms. The molecule has 0 aromatic rings. The Morgan fingerprint density at radius 1 is 1.19 bits per heavy atom. The monoisotopic (exact) mass is 224 g/mol. The van der Waals surface area contributed by atoms with Crippen LogP contribution in [0.15, 0.2) is 0 Å². The fourth-order valence-electron chi connectivity index (χ4n) is 3.93. The smallest absolute Gasteiger partial charge is 0.0570 e. The number of hydrogen-bond donors (Lipinski definition) is 1. The summed E-state index contributed by atoms with van der Waals surface area (Å²) in [6.45, 7) is 12.1. The van der Waals surface area contributed by atoms with E-state index in [0.717, 1.165) is 12.0 Å². The van der Waals surface area contributed by atoms with Gasteiger partial charge in [-0.05, 0) is 50.5 Å². The molecule has 0 radical (unpaired) electrons. The highest BCUT2D eigenvalue weighted by atomic mass is 15.3. The van der Waals surface area contributed by atoms with E-state index in [0.29, 0.717) is 11.6 Å². The molecule has 2 heteroatoms. The first-order valence-corrected chi connectivity index (χ1v) is 6.97. The lowest BCUT2D eigenvalue weighted by molar-refractivity contribution is 0.0197. The molecule has 3 unspecified atom stereocenters. The van der Waals surface area contributed by atoms with Crippen LogP contribution in [0.2, 0.25) is 0 Å². The van der Waals surface area contributed by atoms with Crippen molar-refractivity contribution in [3.63, 3.8) is 0 Å². The maximum absolute atomic E-state index is 3.60. The third-order valence-electron chi connectivity index (χ3n) is 4.36. The summed E-state index contributed by atoms with van der Waals surface area (Å²) in [6.07, 6.45) is 6.08. The van der Waals surface area contributed by atoms with Crippen molar-refractivity contribution < 1.29 is 0 Å². The number of hydrogen-bond acceptors (Lipinski definition) is 2. The van der Waals surface area contributed by atoms with E-state index in [1.54, 1.807) is 0 Å². The Kier molecular flexibility index (Phi) is 3.60. The van der Waals surface area contributed by atoms with Crippen molar-refractivity contribution in [3.8, 4) is 0 Å². The van der Waals surface area contributed by atoms with Crippen LogP contribution in [0.4, 0.5) is 0 Å². The standard InChI is InChI=1S/C14H28N2/c1-11-8-13(10-14(3,4)9-11)16-7-5-6-15-12(16)2/h11-13,15H,5-10H2,1-4H3. The summed E-state index contributed by atoms with van der Waals surface area (Å²) in [5.41, 5.74) is 0.541. The van der Waals surface area contributed by atoms with Gasteiger partial charge in [0.2, 0.25) is 0 Å². The summed E-state index contributed by atoms with van der Waals surface area (Å²) < 4.78 is 0. The van der Waals surface area contributed by atoms with Gasteiger partial charge in [0.25, 0.3) is 0 Å². The van der Waals surface area contributed by atoms with E-state index in [-0.39, 0.29) is 0 Å². The highest BCUT2D eigenvalue weighted by molar-refractivity contribution is 4.90. The van der Waals surface area contributed by atoms with Gasteiger partial charge in [0.15, 0.2) is 0 Å². The molecule has 1 aliphatic carbocycles. The maximum Gasteiger partial charge on any atom is 0.0570 e. The summed E-state index contributed by atoms with van der Waals surface area (Å²) in [5, 5.41) is 3.60. The molecule has 2 aliphatic rings. The first-order chi connectivity index (χ1) is 7.48. The molecule has 0 aromatic carbocycles. The minimum atomic E-state index is 0.541. The van der Waals surface area contributed by atoms with Crippen molar-refractivity contribution in [2.45, 2.75) is 65.6 Å². The Morgan fingerprint density at radius 3 is 2.56 bits per heavy atom. The SMILES string of the molecule is CC1CC(N2CCCNC2C)CC(C)(C)C1. The molecule has 2 rings (SSSR count). The molecule has 3 atom stereocenters. The molecule has 0 aromatic heterocycles. The van der Waals surface area contributed by atoms with Crippen LogP contribution >= 0.6 is 0 Å². The molecule has 16 heavy (non-hydrogen) atoms. The van der Waals surface area contributed by atoms with Crippen LogP contribution in [-0.2, 0) is 0 Å². The molecule has 2 nitrogen and oxygen atoms in total. The van der Waals surface area contributed by atoms with E-state index >= 15 is 0 Å². The zero-order valence-corrected chi connectivity index (χ0v) is 11.4. The van der Waals surface area contributed by atoms with Crippen molar-refractivity contribution >= 4 is 0 Å². The van der Waals surface area contributed by atoms with Crippen molar-refractivity contribution in [2.24, 2.45) is 11.3 Å². The summed E-state index contributed by atoms with van der Waals surface area (Å²) in [6, 6.07) is 0.807. The van der Waals surface area contributed by atoms with Crippen molar-refractivity contribution in [1.29, 1.82) is 0 Å². The second-order valence-corrected chi connectivity index (χ2v) is 6.79. The highest BCUT2D eigenvalue weighted by Gasteiger charge is 2.36. The second-order valence-electron chi connectivity index (χ2n) is 6.79. The topological polar surface area (TPSA) is 15.3 Å². The molecule has 2 fully saturated rings.